The second-order valence-electron chi connectivity index (χ2n) is 8.40. The van der Waals surface area contributed by atoms with Crippen LogP contribution in [0.15, 0.2) is 47.2 Å². The number of anilines is 1. The van der Waals surface area contributed by atoms with Crippen LogP contribution < -0.4 is 9.64 Å². The van der Waals surface area contributed by atoms with E-state index in [-0.39, 0.29) is 28.5 Å². The molecule has 4 aromatic rings. The number of carboxylic acid groups (broad SMARTS) is 1. The number of carbonyl (C=O) groups is 1. The maximum atomic E-state index is 11.4. The van der Waals surface area contributed by atoms with Crippen molar-refractivity contribution in [3.05, 3.63) is 69.4 Å². The quantitative estimate of drug-likeness (QED) is 0.361. The van der Waals surface area contributed by atoms with Crippen LogP contribution in [-0.4, -0.2) is 47.3 Å². The molecule has 1 aliphatic heterocycles. The minimum atomic E-state index is -1.13. The maximum Gasteiger partial charge on any atom is 0.345 e. The van der Waals surface area contributed by atoms with Crippen molar-refractivity contribution >= 4 is 23.0 Å². The Kier molecular flexibility index (Phi) is 7.05. The number of aromatic carboxylic acids is 1. The Labute approximate surface area is 221 Å². The van der Waals surface area contributed by atoms with Crippen LogP contribution >= 0.6 is 11.3 Å². The van der Waals surface area contributed by atoms with Gasteiger partial charge in [-0.05, 0) is 31.2 Å². The lowest BCUT2D eigenvalue weighted by molar-refractivity contribution is 0.0702. The maximum absolute atomic E-state index is 11.4. The van der Waals surface area contributed by atoms with E-state index >= 15 is 0 Å². The summed E-state index contributed by atoms with van der Waals surface area (Å²) in [5.41, 5.74) is 3.78. The third-order valence-electron chi connectivity index (χ3n) is 6.12. The average molecular weight is 528 g/mol. The van der Waals surface area contributed by atoms with Crippen LogP contribution in [0.3, 0.4) is 0 Å². The number of aromatic nitrogens is 2. The second-order valence-corrected chi connectivity index (χ2v) is 9.54. The van der Waals surface area contributed by atoms with Crippen LogP contribution in [-0.2, 0) is 11.3 Å². The number of nitriles is 2. The summed E-state index contributed by atoms with van der Waals surface area (Å²) in [4.78, 5) is 23.0. The largest absolute Gasteiger partial charge is 0.477 e. The Balaban J connectivity index is 1.54. The van der Waals surface area contributed by atoms with Gasteiger partial charge in [-0.25, -0.2) is 14.8 Å². The highest BCUT2D eigenvalue weighted by atomic mass is 32.1. The van der Waals surface area contributed by atoms with E-state index in [4.69, 9.17) is 13.9 Å². The van der Waals surface area contributed by atoms with E-state index in [2.05, 4.69) is 20.9 Å². The number of pyridine rings is 1. The van der Waals surface area contributed by atoms with E-state index in [0.29, 0.717) is 40.8 Å². The van der Waals surface area contributed by atoms with Crippen molar-refractivity contribution in [3.63, 3.8) is 0 Å². The SMILES string of the molecule is Cc1ocnc1-c1cc(-c2ccc(N3CCOCC3)cc2)nc(OCc2sc(C(=O)O)cc2C#N)c1C#N. The Morgan fingerprint density at radius 1 is 1.18 bits per heavy atom. The number of benzene rings is 1. The van der Waals surface area contributed by atoms with Gasteiger partial charge < -0.3 is 23.9 Å². The molecule has 10 nitrogen and oxygen atoms in total. The Hall–Kier alpha value is -4.71. The molecule has 190 valence electrons. The van der Waals surface area contributed by atoms with E-state index in [0.717, 1.165) is 35.7 Å². The summed E-state index contributed by atoms with van der Waals surface area (Å²) in [6.07, 6.45) is 1.31. The topological polar surface area (TPSA) is 146 Å². The lowest BCUT2D eigenvalue weighted by Gasteiger charge is -2.28. The molecule has 0 spiro atoms. The average Bonchev–Trinajstić information content (AvgIpc) is 3.58. The summed E-state index contributed by atoms with van der Waals surface area (Å²) in [5.74, 6) is -0.544. The molecule has 0 atom stereocenters. The molecule has 1 aromatic carbocycles. The fourth-order valence-corrected chi connectivity index (χ4v) is 5.03. The Morgan fingerprint density at radius 3 is 2.58 bits per heavy atom. The van der Waals surface area contributed by atoms with E-state index in [1.807, 2.05) is 30.3 Å². The highest BCUT2D eigenvalue weighted by molar-refractivity contribution is 7.14. The molecule has 1 N–H and O–H groups in total. The lowest BCUT2D eigenvalue weighted by Crippen LogP contribution is -2.36. The molecule has 0 saturated carbocycles. The normalized spacial score (nSPS) is 13.1. The fourth-order valence-electron chi connectivity index (χ4n) is 4.17. The van der Waals surface area contributed by atoms with E-state index < -0.39 is 5.97 Å². The third kappa shape index (κ3) is 4.93. The molecule has 4 heterocycles. The Morgan fingerprint density at radius 2 is 1.95 bits per heavy atom. The first kappa shape index (κ1) is 25.0. The zero-order valence-electron chi connectivity index (χ0n) is 20.3. The first-order valence-electron chi connectivity index (χ1n) is 11.7. The highest BCUT2D eigenvalue weighted by Crippen LogP contribution is 2.35. The summed E-state index contributed by atoms with van der Waals surface area (Å²) < 4.78 is 16.8. The molecule has 5 rings (SSSR count). The van der Waals surface area contributed by atoms with Crippen molar-refractivity contribution in [2.45, 2.75) is 13.5 Å². The summed E-state index contributed by atoms with van der Waals surface area (Å²) in [7, 11) is 0. The number of hydrogen-bond acceptors (Lipinski definition) is 10. The van der Waals surface area contributed by atoms with Gasteiger partial charge in [0.1, 0.15) is 40.6 Å². The molecular weight excluding hydrogens is 506 g/mol. The summed E-state index contributed by atoms with van der Waals surface area (Å²) in [5, 5.41) is 28.8. The van der Waals surface area contributed by atoms with Crippen LogP contribution in [0.1, 0.15) is 31.4 Å². The molecule has 0 radical (unpaired) electrons. The van der Waals surface area contributed by atoms with E-state index in [1.54, 1.807) is 13.0 Å². The van der Waals surface area contributed by atoms with Crippen molar-refractivity contribution in [1.82, 2.24) is 9.97 Å². The number of nitrogens with zero attached hydrogens (tertiary/aromatic N) is 5. The number of hydrogen-bond donors (Lipinski definition) is 1. The molecule has 1 saturated heterocycles. The highest BCUT2D eigenvalue weighted by Gasteiger charge is 2.22. The minimum Gasteiger partial charge on any atom is -0.477 e. The minimum absolute atomic E-state index is 0.0293. The zero-order chi connectivity index (χ0) is 26.6. The standard InChI is InChI=1S/C27H21N5O5S/c1-16-25(30-15-37-16)20-11-22(17-2-4-19(5-3-17)32-6-8-35-9-7-32)31-26(21(20)13-29)36-14-24-18(12-28)10-23(38-24)27(33)34/h2-5,10-11,15H,6-9,14H2,1H3,(H,33,34). The van der Waals surface area contributed by atoms with Crippen LogP contribution in [0, 0.1) is 29.6 Å². The fraction of sp³-hybridized carbons (Fsp3) is 0.222. The van der Waals surface area contributed by atoms with Crippen LogP contribution in [0.5, 0.6) is 5.88 Å². The first-order chi connectivity index (χ1) is 18.5. The smallest absolute Gasteiger partial charge is 0.345 e. The Bertz CT molecular complexity index is 1570. The number of oxazole rings is 1. The van der Waals surface area contributed by atoms with Crippen molar-refractivity contribution < 1.29 is 23.8 Å². The van der Waals surface area contributed by atoms with Gasteiger partial charge in [0, 0.05) is 29.9 Å². The summed E-state index contributed by atoms with van der Waals surface area (Å²) in [6.45, 7) is 4.63. The van der Waals surface area contributed by atoms with E-state index in [1.165, 1.54) is 12.5 Å². The molecule has 0 amide bonds. The van der Waals surface area contributed by atoms with Gasteiger partial charge in [-0.1, -0.05) is 12.1 Å². The van der Waals surface area contributed by atoms with Crippen molar-refractivity contribution in [1.29, 1.82) is 10.5 Å². The molecule has 3 aromatic heterocycles. The van der Waals surface area contributed by atoms with Gasteiger partial charge in [0.25, 0.3) is 0 Å². The van der Waals surface area contributed by atoms with Gasteiger partial charge in [-0.3, -0.25) is 0 Å². The van der Waals surface area contributed by atoms with Gasteiger partial charge in [0.05, 0.1) is 29.3 Å². The van der Waals surface area contributed by atoms with Gasteiger partial charge >= 0.3 is 5.97 Å². The van der Waals surface area contributed by atoms with Crippen LogP contribution in [0.4, 0.5) is 5.69 Å². The number of aryl methyl sites for hydroxylation is 1. The zero-order valence-corrected chi connectivity index (χ0v) is 21.1. The molecule has 38 heavy (non-hydrogen) atoms. The molecule has 0 aliphatic carbocycles. The predicted octanol–water partition coefficient (Wildman–Crippen LogP) is 4.63. The number of rotatable bonds is 7. The molecule has 1 aliphatic rings. The van der Waals surface area contributed by atoms with E-state index in [9.17, 15) is 20.4 Å². The number of ether oxygens (including phenoxy) is 2. The molecule has 0 bridgehead atoms. The van der Waals surface area contributed by atoms with Crippen molar-refractivity contribution in [3.8, 4) is 40.5 Å². The predicted molar refractivity (Wildman–Crippen MR) is 138 cm³/mol. The van der Waals surface area contributed by atoms with Gasteiger partial charge in [0.15, 0.2) is 6.39 Å². The van der Waals surface area contributed by atoms with Gasteiger partial charge in [0.2, 0.25) is 5.88 Å². The third-order valence-corrected chi connectivity index (χ3v) is 7.21. The van der Waals surface area contributed by atoms with Crippen molar-refractivity contribution in [2.24, 2.45) is 0 Å². The summed E-state index contributed by atoms with van der Waals surface area (Å²) >= 11 is 0.946. The number of thiophene rings is 1. The monoisotopic (exact) mass is 527 g/mol. The molecule has 11 heteroatoms. The lowest BCUT2D eigenvalue weighted by atomic mass is 10.0. The number of carboxylic acids is 1. The first-order valence-corrected chi connectivity index (χ1v) is 12.5. The van der Waals surface area contributed by atoms with Gasteiger partial charge in [-0.2, -0.15) is 10.5 Å². The van der Waals surface area contributed by atoms with Crippen LogP contribution in [0.2, 0.25) is 0 Å². The second kappa shape index (κ2) is 10.7. The number of morpholine rings is 1. The van der Waals surface area contributed by atoms with Crippen LogP contribution in [0.25, 0.3) is 22.5 Å². The molecular formula is C27H21N5O5S. The van der Waals surface area contributed by atoms with Crippen molar-refractivity contribution in [2.75, 3.05) is 31.2 Å². The molecule has 1 fully saturated rings. The summed E-state index contributed by atoms with van der Waals surface area (Å²) in [6, 6.07) is 15.2. The molecule has 0 unspecified atom stereocenters. The van der Waals surface area contributed by atoms with Gasteiger partial charge in [-0.15, -0.1) is 11.3 Å².